The fourth-order valence-corrected chi connectivity index (χ4v) is 1.79. The van der Waals surface area contributed by atoms with Crippen LogP contribution in [0, 0.1) is 3.57 Å². The molecule has 2 rings (SSSR count). The summed E-state index contributed by atoms with van der Waals surface area (Å²) in [6.07, 6.45) is 5.74. The van der Waals surface area contributed by atoms with E-state index >= 15 is 0 Å². The van der Waals surface area contributed by atoms with Gasteiger partial charge in [0.15, 0.2) is 0 Å². The normalized spacial score (nSPS) is 10.4. The highest BCUT2D eigenvalue weighted by Crippen LogP contribution is 2.08. The van der Waals surface area contributed by atoms with Crippen molar-refractivity contribution in [2.75, 3.05) is 11.9 Å². The van der Waals surface area contributed by atoms with Crippen molar-refractivity contribution in [2.45, 2.75) is 13.0 Å². The van der Waals surface area contributed by atoms with Crippen LogP contribution < -0.4 is 10.9 Å². The monoisotopic (exact) mass is 346 g/mol. The number of hydrogen-bond donors (Lipinski definition) is 2. The van der Waals surface area contributed by atoms with Crippen LogP contribution in [0.2, 0.25) is 0 Å². The molecule has 0 aromatic carbocycles. The summed E-state index contributed by atoms with van der Waals surface area (Å²) in [6.45, 7) is 1.51. The molecule has 0 atom stereocenters. The number of halogens is 1. The van der Waals surface area contributed by atoms with E-state index in [1.807, 2.05) is 28.8 Å². The maximum atomic E-state index is 11.3. The van der Waals surface area contributed by atoms with Crippen LogP contribution in [-0.4, -0.2) is 31.5 Å². The highest BCUT2D eigenvalue weighted by molar-refractivity contribution is 14.1. The predicted molar refractivity (Wildman–Crippen MR) is 70.7 cm³/mol. The largest absolute Gasteiger partial charge is 0.369 e. The molecule has 0 fully saturated rings. The van der Waals surface area contributed by atoms with E-state index in [0.717, 1.165) is 19.5 Å². The third kappa shape index (κ3) is 3.25. The summed E-state index contributed by atoms with van der Waals surface area (Å²) in [5, 5.41) is 10.7. The molecule has 0 aliphatic rings. The highest BCUT2D eigenvalue weighted by atomic mass is 127. The summed E-state index contributed by atoms with van der Waals surface area (Å²) in [6, 6.07) is 0. The van der Waals surface area contributed by atoms with Gasteiger partial charge in [-0.2, -0.15) is 0 Å². The second-order valence-corrected chi connectivity index (χ2v) is 4.42. The molecule has 0 spiro atoms. The minimum Gasteiger partial charge on any atom is -0.369 e. The molecule has 2 heterocycles. The molecule has 2 N–H and O–H groups in total. The number of nitrogens with one attached hydrogen (secondary N) is 2. The highest BCUT2D eigenvalue weighted by Gasteiger charge is 2.03. The van der Waals surface area contributed by atoms with E-state index < -0.39 is 0 Å². The van der Waals surface area contributed by atoms with E-state index in [0.29, 0.717) is 9.39 Å². The summed E-state index contributed by atoms with van der Waals surface area (Å²) < 4.78 is 2.34. The smallest absolute Gasteiger partial charge is 0.266 e. The Morgan fingerprint density at radius 3 is 3.18 bits per heavy atom. The molecule has 2 aromatic rings. The molecule has 0 aliphatic carbocycles. The third-order valence-corrected chi connectivity index (χ3v) is 3.13. The van der Waals surface area contributed by atoms with Gasteiger partial charge >= 0.3 is 0 Å². The van der Waals surface area contributed by atoms with Gasteiger partial charge in [-0.1, -0.05) is 5.21 Å². The van der Waals surface area contributed by atoms with Crippen molar-refractivity contribution in [1.29, 1.82) is 0 Å². The summed E-state index contributed by atoms with van der Waals surface area (Å²) in [5.74, 6) is 0.618. The van der Waals surface area contributed by atoms with Crippen molar-refractivity contribution < 1.29 is 0 Å². The first-order valence-corrected chi connectivity index (χ1v) is 6.16. The fourth-order valence-electron chi connectivity index (χ4n) is 1.31. The third-order valence-electron chi connectivity index (χ3n) is 2.12. The minimum absolute atomic E-state index is 0.126. The van der Waals surface area contributed by atoms with Gasteiger partial charge in [-0.25, -0.2) is 4.98 Å². The van der Waals surface area contributed by atoms with Crippen molar-refractivity contribution in [2.24, 2.45) is 0 Å². The van der Waals surface area contributed by atoms with Gasteiger partial charge in [0.2, 0.25) is 0 Å². The summed E-state index contributed by atoms with van der Waals surface area (Å²) >= 11 is 1.97. The summed E-state index contributed by atoms with van der Waals surface area (Å²) in [7, 11) is 0. The molecule has 0 aliphatic heterocycles. The Labute approximate surface area is 111 Å². The Morgan fingerprint density at radius 1 is 1.53 bits per heavy atom. The van der Waals surface area contributed by atoms with Gasteiger partial charge in [0.1, 0.15) is 9.39 Å². The predicted octanol–water partition coefficient (Wildman–Crippen LogP) is 0.468. The average Bonchev–Trinajstić information content (AvgIpc) is 2.83. The van der Waals surface area contributed by atoms with E-state index in [-0.39, 0.29) is 5.56 Å². The molecule has 2 aromatic heterocycles. The van der Waals surface area contributed by atoms with Crippen molar-refractivity contribution in [1.82, 2.24) is 25.0 Å². The zero-order valence-corrected chi connectivity index (χ0v) is 11.1. The van der Waals surface area contributed by atoms with E-state index in [2.05, 4.69) is 25.6 Å². The molecule has 0 radical (unpaired) electrons. The zero-order valence-electron chi connectivity index (χ0n) is 8.93. The van der Waals surface area contributed by atoms with Crippen LogP contribution in [0.25, 0.3) is 0 Å². The van der Waals surface area contributed by atoms with Crippen molar-refractivity contribution in [3.05, 3.63) is 32.6 Å². The lowest BCUT2D eigenvalue weighted by Gasteiger charge is -2.06. The number of aryl methyl sites for hydroxylation is 1. The Balaban J connectivity index is 1.82. The van der Waals surface area contributed by atoms with Crippen LogP contribution in [-0.2, 0) is 6.54 Å². The van der Waals surface area contributed by atoms with Gasteiger partial charge in [0, 0.05) is 19.3 Å². The number of hydrogen-bond acceptors (Lipinski definition) is 5. The molecule has 0 saturated heterocycles. The molecule has 8 heteroatoms. The minimum atomic E-state index is -0.126. The topological polar surface area (TPSA) is 88.5 Å². The zero-order chi connectivity index (χ0) is 12.1. The van der Waals surface area contributed by atoms with Crippen LogP contribution in [0.15, 0.2) is 23.5 Å². The molecular formula is C9H11IN6O. The molecule has 0 amide bonds. The van der Waals surface area contributed by atoms with Crippen molar-refractivity contribution in [3.8, 4) is 0 Å². The van der Waals surface area contributed by atoms with Crippen molar-refractivity contribution >= 4 is 28.4 Å². The number of nitrogens with zero attached hydrogens (tertiary/aromatic N) is 4. The molecule has 0 unspecified atom stereocenters. The van der Waals surface area contributed by atoms with E-state index in [1.54, 1.807) is 10.9 Å². The maximum Gasteiger partial charge on any atom is 0.266 e. The summed E-state index contributed by atoms with van der Waals surface area (Å²) in [4.78, 5) is 17.9. The molecular weight excluding hydrogens is 335 g/mol. The van der Waals surface area contributed by atoms with E-state index in [1.165, 1.54) is 6.33 Å². The number of aromatic amines is 1. The molecule has 0 bridgehead atoms. The maximum absolute atomic E-state index is 11.3. The number of rotatable bonds is 5. The molecule has 90 valence electrons. The first kappa shape index (κ1) is 12.0. The van der Waals surface area contributed by atoms with Gasteiger partial charge in [-0.05, 0) is 29.0 Å². The summed E-state index contributed by atoms with van der Waals surface area (Å²) in [5.41, 5.74) is -0.126. The SMILES string of the molecule is O=c1[nH]cnc(NCCCn2ccnn2)c1I. The lowest BCUT2D eigenvalue weighted by molar-refractivity contribution is 0.569. The Bertz CT molecular complexity index is 523. The van der Waals surface area contributed by atoms with Crippen molar-refractivity contribution in [3.63, 3.8) is 0 Å². The first-order chi connectivity index (χ1) is 8.27. The van der Waals surface area contributed by atoms with E-state index in [4.69, 9.17) is 0 Å². The van der Waals surface area contributed by atoms with Crippen LogP contribution in [0.5, 0.6) is 0 Å². The van der Waals surface area contributed by atoms with Gasteiger partial charge < -0.3 is 10.3 Å². The standard InChI is InChI=1S/C9H11IN6O/c10-7-8(12-6-13-9(7)17)11-2-1-4-16-5-3-14-15-16/h3,5-6H,1-2,4H2,(H2,11,12,13,17). The second-order valence-electron chi connectivity index (χ2n) is 3.34. The number of anilines is 1. The fraction of sp³-hybridized carbons (Fsp3) is 0.333. The van der Waals surface area contributed by atoms with Crippen LogP contribution in [0.4, 0.5) is 5.82 Å². The van der Waals surface area contributed by atoms with Gasteiger partial charge in [0.05, 0.1) is 12.5 Å². The average molecular weight is 346 g/mol. The quantitative estimate of drug-likeness (QED) is 0.607. The van der Waals surface area contributed by atoms with Gasteiger partial charge in [0.25, 0.3) is 5.56 Å². The van der Waals surface area contributed by atoms with Crippen LogP contribution in [0.1, 0.15) is 6.42 Å². The Kier molecular flexibility index (Phi) is 4.07. The second kappa shape index (κ2) is 5.75. The Morgan fingerprint density at radius 2 is 2.41 bits per heavy atom. The molecule has 7 nitrogen and oxygen atoms in total. The van der Waals surface area contributed by atoms with Crippen LogP contribution >= 0.6 is 22.6 Å². The van der Waals surface area contributed by atoms with Gasteiger partial charge in [-0.15, -0.1) is 5.10 Å². The molecule has 17 heavy (non-hydrogen) atoms. The lowest BCUT2D eigenvalue weighted by Crippen LogP contribution is -2.16. The first-order valence-electron chi connectivity index (χ1n) is 5.08. The molecule has 0 saturated carbocycles. The number of H-pyrrole nitrogens is 1. The Hall–Kier alpha value is -1.45. The van der Waals surface area contributed by atoms with Crippen LogP contribution in [0.3, 0.4) is 0 Å². The number of aromatic nitrogens is 5. The van der Waals surface area contributed by atoms with Gasteiger partial charge in [-0.3, -0.25) is 9.48 Å². The lowest BCUT2D eigenvalue weighted by atomic mass is 10.4. The van der Waals surface area contributed by atoms with E-state index in [9.17, 15) is 4.79 Å².